The molecule has 3 N–H and O–H groups in total. The molecule has 0 spiro atoms. The molecule has 0 unspecified atom stereocenters. The Labute approximate surface area is 103 Å². The van der Waals surface area contributed by atoms with Crippen molar-refractivity contribution < 1.29 is 13.2 Å². The Morgan fingerprint density at radius 2 is 1.88 bits per heavy atom. The van der Waals surface area contributed by atoms with E-state index in [-0.39, 0.29) is 31.2 Å². The summed E-state index contributed by atoms with van der Waals surface area (Å²) in [5.74, 6) is -0.0644. The SMILES string of the molecule is NCCS(=O)(=O)NCCC(=O)N1CCCCC1. The van der Waals surface area contributed by atoms with E-state index in [1.807, 2.05) is 0 Å². The quantitative estimate of drug-likeness (QED) is 0.660. The number of sulfonamides is 1. The van der Waals surface area contributed by atoms with E-state index in [0.29, 0.717) is 0 Å². The number of nitrogens with two attached hydrogens (primary N) is 1. The Hall–Kier alpha value is -0.660. The topological polar surface area (TPSA) is 92.5 Å². The number of hydrogen-bond acceptors (Lipinski definition) is 4. The normalized spacial score (nSPS) is 17.1. The molecule has 6 nitrogen and oxygen atoms in total. The van der Waals surface area contributed by atoms with E-state index < -0.39 is 10.0 Å². The van der Waals surface area contributed by atoms with Gasteiger partial charge in [0.15, 0.2) is 0 Å². The lowest BCUT2D eigenvalue weighted by Gasteiger charge is -2.26. The van der Waals surface area contributed by atoms with E-state index in [2.05, 4.69) is 4.72 Å². The summed E-state index contributed by atoms with van der Waals surface area (Å²) in [6, 6.07) is 0. The summed E-state index contributed by atoms with van der Waals surface area (Å²) in [5, 5.41) is 0. The van der Waals surface area contributed by atoms with Crippen LogP contribution in [0.1, 0.15) is 25.7 Å². The molecule has 1 fully saturated rings. The smallest absolute Gasteiger partial charge is 0.223 e. The van der Waals surface area contributed by atoms with E-state index in [0.717, 1.165) is 25.9 Å². The molecule has 1 rings (SSSR count). The number of carbonyl (C=O) groups is 1. The maximum Gasteiger partial charge on any atom is 0.223 e. The van der Waals surface area contributed by atoms with Crippen molar-refractivity contribution in [3.05, 3.63) is 0 Å². The minimum Gasteiger partial charge on any atom is -0.343 e. The molecule has 7 heteroatoms. The molecule has 1 aliphatic rings. The maximum absolute atomic E-state index is 11.7. The van der Waals surface area contributed by atoms with Crippen molar-refractivity contribution in [2.45, 2.75) is 25.7 Å². The van der Waals surface area contributed by atoms with Crippen LogP contribution in [0.25, 0.3) is 0 Å². The second-order valence-electron chi connectivity index (χ2n) is 4.19. The molecule has 0 radical (unpaired) electrons. The monoisotopic (exact) mass is 263 g/mol. The number of carbonyl (C=O) groups excluding carboxylic acids is 1. The predicted octanol–water partition coefficient (Wildman–Crippen LogP) is -0.733. The highest BCUT2D eigenvalue weighted by Crippen LogP contribution is 2.09. The fourth-order valence-corrected chi connectivity index (χ4v) is 2.71. The third-order valence-corrected chi connectivity index (χ3v) is 4.17. The number of nitrogens with zero attached hydrogens (tertiary/aromatic N) is 1. The largest absolute Gasteiger partial charge is 0.343 e. The van der Waals surface area contributed by atoms with E-state index in [1.54, 1.807) is 4.90 Å². The van der Waals surface area contributed by atoms with Gasteiger partial charge in [-0.1, -0.05) is 0 Å². The molecule has 1 aliphatic heterocycles. The molecule has 0 aromatic carbocycles. The molecule has 1 heterocycles. The van der Waals surface area contributed by atoms with Gasteiger partial charge in [0.25, 0.3) is 0 Å². The predicted molar refractivity (Wildman–Crippen MR) is 65.9 cm³/mol. The number of likely N-dealkylation sites (tertiary alicyclic amines) is 1. The van der Waals surface area contributed by atoms with Gasteiger partial charge in [0.05, 0.1) is 5.75 Å². The minimum atomic E-state index is -3.30. The lowest BCUT2D eigenvalue weighted by molar-refractivity contribution is -0.131. The highest BCUT2D eigenvalue weighted by molar-refractivity contribution is 7.89. The molecule has 0 aromatic rings. The molecular weight excluding hydrogens is 242 g/mol. The van der Waals surface area contributed by atoms with Crippen molar-refractivity contribution >= 4 is 15.9 Å². The lowest BCUT2D eigenvalue weighted by atomic mass is 10.1. The van der Waals surface area contributed by atoms with Gasteiger partial charge < -0.3 is 10.6 Å². The minimum absolute atomic E-state index is 0.0279. The van der Waals surface area contributed by atoms with Gasteiger partial charge in [-0.2, -0.15) is 0 Å². The zero-order valence-corrected chi connectivity index (χ0v) is 10.8. The van der Waals surface area contributed by atoms with Crippen LogP contribution in [0.4, 0.5) is 0 Å². The van der Waals surface area contributed by atoms with Crippen molar-refractivity contribution in [1.29, 1.82) is 0 Å². The zero-order chi connectivity index (χ0) is 12.7. The van der Waals surface area contributed by atoms with Gasteiger partial charge in [-0.25, -0.2) is 13.1 Å². The molecule has 0 saturated carbocycles. The molecule has 0 aromatic heterocycles. The van der Waals surface area contributed by atoms with Crippen LogP contribution in [-0.2, 0) is 14.8 Å². The third kappa shape index (κ3) is 5.47. The molecule has 1 saturated heterocycles. The average Bonchev–Trinajstić information content (AvgIpc) is 2.29. The number of nitrogens with one attached hydrogen (secondary N) is 1. The number of amides is 1. The van der Waals surface area contributed by atoms with Gasteiger partial charge in [0.1, 0.15) is 0 Å². The van der Waals surface area contributed by atoms with Gasteiger partial charge in [-0.05, 0) is 19.3 Å². The lowest BCUT2D eigenvalue weighted by Crippen LogP contribution is -2.38. The van der Waals surface area contributed by atoms with Gasteiger partial charge in [0.2, 0.25) is 15.9 Å². The summed E-state index contributed by atoms with van der Waals surface area (Å²) in [7, 11) is -3.30. The fraction of sp³-hybridized carbons (Fsp3) is 0.900. The molecule has 0 aliphatic carbocycles. The Morgan fingerprint density at radius 3 is 2.47 bits per heavy atom. The summed E-state index contributed by atoms with van der Waals surface area (Å²) in [4.78, 5) is 13.5. The molecule has 0 atom stereocenters. The molecule has 17 heavy (non-hydrogen) atoms. The summed E-state index contributed by atoms with van der Waals surface area (Å²) in [5.41, 5.74) is 5.17. The Morgan fingerprint density at radius 1 is 1.24 bits per heavy atom. The zero-order valence-electron chi connectivity index (χ0n) is 10.0. The first kappa shape index (κ1) is 14.4. The highest BCUT2D eigenvalue weighted by Gasteiger charge is 2.16. The number of rotatable bonds is 6. The summed E-state index contributed by atoms with van der Waals surface area (Å²) < 4.78 is 24.9. The highest BCUT2D eigenvalue weighted by atomic mass is 32.2. The van der Waals surface area contributed by atoms with Crippen LogP contribution < -0.4 is 10.5 Å². The molecule has 1 amide bonds. The third-order valence-electron chi connectivity index (χ3n) is 2.76. The second kappa shape index (κ2) is 6.93. The van der Waals surface area contributed by atoms with Gasteiger partial charge in [0, 0.05) is 32.6 Å². The van der Waals surface area contributed by atoms with Crippen LogP contribution in [0.15, 0.2) is 0 Å². The summed E-state index contributed by atoms with van der Waals surface area (Å²) in [6.45, 7) is 1.86. The van der Waals surface area contributed by atoms with Crippen LogP contribution in [0.5, 0.6) is 0 Å². The van der Waals surface area contributed by atoms with Crippen molar-refractivity contribution in [1.82, 2.24) is 9.62 Å². The van der Waals surface area contributed by atoms with Crippen LogP contribution >= 0.6 is 0 Å². The second-order valence-corrected chi connectivity index (χ2v) is 6.12. The molecule has 0 bridgehead atoms. The first-order valence-corrected chi connectivity index (χ1v) is 7.65. The number of hydrogen-bond donors (Lipinski definition) is 2. The van der Waals surface area contributed by atoms with E-state index in [1.165, 1.54) is 6.42 Å². The summed E-state index contributed by atoms with van der Waals surface area (Å²) >= 11 is 0. The summed E-state index contributed by atoms with van der Waals surface area (Å²) in [6.07, 6.45) is 3.49. The van der Waals surface area contributed by atoms with E-state index in [9.17, 15) is 13.2 Å². The van der Waals surface area contributed by atoms with Crippen molar-refractivity contribution in [2.24, 2.45) is 5.73 Å². The van der Waals surface area contributed by atoms with Crippen LogP contribution in [0.2, 0.25) is 0 Å². The van der Waals surface area contributed by atoms with E-state index in [4.69, 9.17) is 5.73 Å². The number of piperidine rings is 1. The maximum atomic E-state index is 11.7. The first-order valence-electron chi connectivity index (χ1n) is 6.00. The Kier molecular flexibility index (Phi) is 5.87. The van der Waals surface area contributed by atoms with Crippen LogP contribution in [0.3, 0.4) is 0 Å². The van der Waals surface area contributed by atoms with Crippen molar-refractivity contribution in [2.75, 3.05) is 31.9 Å². The first-order chi connectivity index (χ1) is 8.05. The molecular formula is C10H21N3O3S. The average molecular weight is 263 g/mol. The van der Waals surface area contributed by atoms with Crippen molar-refractivity contribution in [3.8, 4) is 0 Å². The van der Waals surface area contributed by atoms with Crippen molar-refractivity contribution in [3.63, 3.8) is 0 Å². The van der Waals surface area contributed by atoms with Gasteiger partial charge >= 0.3 is 0 Å². The van der Waals surface area contributed by atoms with Gasteiger partial charge in [-0.3, -0.25) is 4.79 Å². The fourth-order valence-electron chi connectivity index (χ4n) is 1.84. The Bertz CT molecular complexity index is 337. The molecule has 100 valence electrons. The van der Waals surface area contributed by atoms with Gasteiger partial charge in [-0.15, -0.1) is 0 Å². The van der Waals surface area contributed by atoms with Crippen LogP contribution in [-0.4, -0.2) is 51.2 Å². The Balaban J connectivity index is 2.24. The van der Waals surface area contributed by atoms with Crippen LogP contribution in [0, 0.1) is 0 Å². The van der Waals surface area contributed by atoms with E-state index >= 15 is 0 Å². The standard InChI is InChI=1S/C10H21N3O3S/c11-5-9-17(15,16)12-6-4-10(14)13-7-2-1-3-8-13/h12H,1-9,11H2.